The molecular weight excluding hydrogens is 502 g/mol. The van der Waals surface area contributed by atoms with Gasteiger partial charge in [0.25, 0.3) is 5.91 Å². The average molecular weight is 535 g/mol. The van der Waals surface area contributed by atoms with Gasteiger partial charge in [-0.05, 0) is 63.3 Å². The number of aliphatic hydroxyl groups is 2. The zero-order valence-corrected chi connectivity index (χ0v) is 24.2. The third-order valence-corrected chi connectivity index (χ3v) is 6.20. The maximum atomic E-state index is 13.7. The normalized spacial score (nSPS) is 12.5. The van der Waals surface area contributed by atoms with Gasteiger partial charge in [-0.2, -0.15) is 0 Å². The van der Waals surface area contributed by atoms with Gasteiger partial charge in [0.15, 0.2) is 0 Å². The zero-order valence-electron chi connectivity index (χ0n) is 22.2. The van der Waals surface area contributed by atoms with Crippen LogP contribution in [0.3, 0.4) is 0 Å². The van der Waals surface area contributed by atoms with E-state index in [0.29, 0.717) is 29.9 Å². The number of nitrogens with zero attached hydrogens (tertiary/aromatic N) is 3. The molecule has 38 heavy (non-hydrogen) atoms. The molecule has 0 aliphatic rings. The molecule has 198 valence electrons. The van der Waals surface area contributed by atoms with Gasteiger partial charge in [0.2, 0.25) is 0 Å². The molecule has 0 saturated heterocycles. The Labute approximate surface area is 243 Å². The Morgan fingerprint density at radius 2 is 1.79 bits per heavy atom. The van der Waals surface area contributed by atoms with Crippen LogP contribution in [0.2, 0.25) is 0 Å². The molecule has 0 unspecified atom stereocenters. The van der Waals surface area contributed by atoms with Crippen LogP contribution in [-0.2, 0) is 24.3 Å². The molecule has 0 bridgehead atoms. The number of carbonyl (C=O) groups excluding carboxylic acids is 2. The van der Waals surface area contributed by atoms with E-state index in [9.17, 15) is 29.3 Å². The number of hydrogen-bond acceptors (Lipinski definition) is 7. The monoisotopic (exact) mass is 534 g/mol. The minimum atomic E-state index is -1.39. The van der Waals surface area contributed by atoms with Crippen LogP contribution in [0.25, 0.3) is 11.1 Å². The molecule has 2 aromatic heterocycles. The number of amides is 1. The second-order valence-electron chi connectivity index (χ2n) is 9.04. The first-order valence-electron chi connectivity index (χ1n) is 12.2. The molecule has 1 aromatic carbocycles. The molecular formula is C27H32FN4NaO5. The first-order valence-corrected chi connectivity index (χ1v) is 12.2. The fourth-order valence-corrected chi connectivity index (χ4v) is 4.48. The van der Waals surface area contributed by atoms with Crippen LogP contribution in [0.1, 0.15) is 59.3 Å². The minimum Gasteiger partial charge on any atom is -0.550 e. The summed E-state index contributed by atoms with van der Waals surface area (Å²) in [6, 6.07) is 5.99. The number of carbonyl (C=O) groups is 2. The van der Waals surface area contributed by atoms with Crippen LogP contribution in [0.4, 0.5) is 4.39 Å². The number of aryl methyl sites for hydroxylation is 1. The number of aliphatic carboxylic acids is 1. The molecule has 3 aromatic rings. The van der Waals surface area contributed by atoms with Crippen molar-refractivity contribution in [3.05, 3.63) is 70.8 Å². The first kappa shape index (κ1) is 31.6. The first-order chi connectivity index (χ1) is 17.6. The standard InChI is InChI=1S/C27H33FN4O5.Na/c1-4-32-23(10-9-21(33)11-22(34)12-24(35)36)25(18-5-7-19(28)8-6-18)17(3)26(32)27(37)31-15-20-14-29-16(2)13-30-20;/h5-8,13-14,21-22,33-34H,4,9-12,15H2,1-3H3,(H,31,37)(H,35,36);/q;+1/p-1/t21-,22-;/m1./s1. The van der Waals surface area contributed by atoms with Crippen molar-refractivity contribution >= 4 is 11.9 Å². The maximum absolute atomic E-state index is 13.7. The summed E-state index contributed by atoms with van der Waals surface area (Å²) >= 11 is 0. The predicted molar refractivity (Wildman–Crippen MR) is 133 cm³/mol. The second-order valence-corrected chi connectivity index (χ2v) is 9.04. The number of aromatic nitrogens is 3. The molecule has 2 heterocycles. The van der Waals surface area contributed by atoms with Crippen LogP contribution >= 0.6 is 0 Å². The number of hydrogen-bond donors (Lipinski definition) is 3. The third kappa shape index (κ3) is 8.18. The summed E-state index contributed by atoms with van der Waals surface area (Å²) in [6.45, 7) is 6.21. The zero-order chi connectivity index (χ0) is 27.1. The number of benzene rings is 1. The summed E-state index contributed by atoms with van der Waals surface area (Å²) in [5, 5.41) is 33.9. The van der Waals surface area contributed by atoms with Gasteiger partial charge in [-0.3, -0.25) is 14.8 Å². The van der Waals surface area contributed by atoms with Crippen molar-refractivity contribution in [1.29, 1.82) is 0 Å². The summed E-state index contributed by atoms with van der Waals surface area (Å²) in [5.41, 5.74) is 4.82. The van der Waals surface area contributed by atoms with Gasteiger partial charge in [0.05, 0.1) is 36.3 Å². The van der Waals surface area contributed by atoms with E-state index in [1.165, 1.54) is 12.1 Å². The number of carboxylic acids is 1. The molecule has 0 spiro atoms. The van der Waals surface area contributed by atoms with E-state index in [2.05, 4.69) is 15.3 Å². The van der Waals surface area contributed by atoms with Gasteiger partial charge in [0.1, 0.15) is 11.5 Å². The van der Waals surface area contributed by atoms with Crippen molar-refractivity contribution in [3.8, 4) is 11.1 Å². The summed E-state index contributed by atoms with van der Waals surface area (Å²) in [5.74, 6) is -2.07. The molecule has 0 aliphatic carbocycles. The quantitative estimate of drug-likeness (QED) is 0.249. The van der Waals surface area contributed by atoms with Crippen molar-refractivity contribution in [2.45, 2.75) is 71.8 Å². The van der Waals surface area contributed by atoms with Crippen molar-refractivity contribution in [2.24, 2.45) is 0 Å². The van der Waals surface area contributed by atoms with Gasteiger partial charge in [-0.1, -0.05) is 12.1 Å². The van der Waals surface area contributed by atoms with Gasteiger partial charge < -0.3 is 30.0 Å². The minimum absolute atomic E-state index is 0. The summed E-state index contributed by atoms with van der Waals surface area (Å²) in [7, 11) is 0. The second kappa shape index (κ2) is 14.5. The van der Waals surface area contributed by atoms with Crippen LogP contribution in [-0.4, -0.2) is 48.8 Å². The molecule has 0 saturated carbocycles. The van der Waals surface area contributed by atoms with E-state index in [1.54, 1.807) is 24.5 Å². The van der Waals surface area contributed by atoms with Crippen LogP contribution in [0, 0.1) is 19.7 Å². The number of carboxylic acid groups (broad SMARTS) is 1. The SMILES string of the molecule is CCn1c(CC[C@@H](O)C[C@@H](O)CC(=O)[O-])c(-c2ccc(F)cc2)c(C)c1C(=O)NCc1cnc(C)cn1.[Na+]. The molecule has 0 fully saturated rings. The molecule has 2 atom stereocenters. The average Bonchev–Trinajstić information content (AvgIpc) is 3.13. The summed E-state index contributed by atoms with van der Waals surface area (Å²) in [4.78, 5) is 32.5. The molecule has 0 radical (unpaired) electrons. The van der Waals surface area contributed by atoms with Gasteiger partial charge in [0, 0.05) is 36.4 Å². The molecule has 3 N–H and O–H groups in total. The predicted octanol–water partition coefficient (Wildman–Crippen LogP) is -1.16. The smallest absolute Gasteiger partial charge is 0.550 e. The fourth-order valence-electron chi connectivity index (χ4n) is 4.48. The summed E-state index contributed by atoms with van der Waals surface area (Å²) < 4.78 is 15.5. The van der Waals surface area contributed by atoms with Crippen molar-refractivity contribution in [3.63, 3.8) is 0 Å². The number of nitrogens with one attached hydrogen (secondary N) is 1. The third-order valence-electron chi connectivity index (χ3n) is 6.20. The molecule has 11 heteroatoms. The molecule has 3 rings (SSSR count). The summed E-state index contributed by atoms with van der Waals surface area (Å²) in [6.07, 6.45) is 0.943. The maximum Gasteiger partial charge on any atom is 1.00 e. The van der Waals surface area contributed by atoms with E-state index in [0.717, 1.165) is 22.5 Å². The Morgan fingerprint density at radius 1 is 1.11 bits per heavy atom. The van der Waals surface area contributed by atoms with Crippen molar-refractivity contribution in [2.75, 3.05) is 0 Å². The van der Waals surface area contributed by atoms with Gasteiger partial charge >= 0.3 is 29.6 Å². The van der Waals surface area contributed by atoms with Crippen LogP contribution in [0.5, 0.6) is 0 Å². The van der Waals surface area contributed by atoms with Crippen LogP contribution in [0.15, 0.2) is 36.7 Å². The Balaban J connectivity index is 0.00000507. The fraction of sp³-hybridized carbons (Fsp3) is 0.407. The molecule has 1 amide bonds. The van der Waals surface area contributed by atoms with E-state index >= 15 is 0 Å². The largest absolute Gasteiger partial charge is 1.00 e. The van der Waals surface area contributed by atoms with Crippen molar-refractivity contribution < 1.29 is 58.9 Å². The number of aliphatic hydroxyl groups excluding tert-OH is 2. The van der Waals surface area contributed by atoms with Gasteiger partial charge in [-0.15, -0.1) is 0 Å². The number of halogens is 1. The topological polar surface area (TPSA) is 140 Å². The van der Waals surface area contributed by atoms with E-state index in [1.807, 2.05) is 25.3 Å². The van der Waals surface area contributed by atoms with Crippen LogP contribution < -0.4 is 40.0 Å². The Morgan fingerprint density at radius 3 is 2.37 bits per heavy atom. The molecule has 9 nitrogen and oxygen atoms in total. The van der Waals surface area contributed by atoms with E-state index in [4.69, 9.17) is 0 Å². The Kier molecular flexibility index (Phi) is 12.1. The van der Waals surface area contributed by atoms with E-state index in [-0.39, 0.29) is 60.7 Å². The van der Waals surface area contributed by atoms with E-state index < -0.39 is 24.6 Å². The Bertz CT molecular complexity index is 1230. The van der Waals surface area contributed by atoms with Crippen molar-refractivity contribution in [1.82, 2.24) is 19.9 Å². The van der Waals surface area contributed by atoms with Gasteiger partial charge in [-0.25, -0.2) is 4.39 Å². The molecule has 0 aliphatic heterocycles. The Hall–Kier alpha value is -2.63. The number of rotatable bonds is 12.